The quantitative estimate of drug-likeness (QED) is 0.578. The number of hydrogen-bond donors (Lipinski definition) is 2. The molecule has 3 aromatic carbocycles. The normalized spacial score (nSPS) is 16.8. The molecule has 3 aromatic rings. The Labute approximate surface area is 196 Å². The third-order valence-electron chi connectivity index (χ3n) is 5.77. The van der Waals surface area contributed by atoms with E-state index in [1.807, 2.05) is 24.3 Å². The third kappa shape index (κ3) is 4.04. The van der Waals surface area contributed by atoms with Crippen LogP contribution in [0.3, 0.4) is 0 Å². The minimum Gasteiger partial charge on any atom is -0.378 e. The summed E-state index contributed by atoms with van der Waals surface area (Å²) in [6, 6.07) is 19.2. The van der Waals surface area contributed by atoms with E-state index in [9.17, 15) is 17.6 Å². The lowest BCUT2D eigenvalue weighted by Gasteiger charge is -2.30. The number of ether oxygens (including phenoxy) is 1. The van der Waals surface area contributed by atoms with Crippen molar-refractivity contribution in [3.63, 3.8) is 0 Å². The van der Waals surface area contributed by atoms with Crippen LogP contribution in [0.5, 0.6) is 0 Å². The molecule has 0 bridgehead atoms. The molecule has 0 saturated carbocycles. The Hall–Kier alpha value is -3.69. The molecule has 2 heterocycles. The highest BCUT2D eigenvalue weighted by Gasteiger charge is 2.40. The average Bonchev–Trinajstić information content (AvgIpc) is 3.08. The molecule has 2 aliphatic rings. The lowest BCUT2D eigenvalue weighted by atomic mass is 10.1. The van der Waals surface area contributed by atoms with E-state index in [0.29, 0.717) is 37.6 Å². The summed E-state index contributed by atoms with van der Waals surface area (Å²) in [4.78, 5) is 15.1. The maximum absolute atomic E-state index is 13.4. The first-order valence-corrected chi connectivity index (χ1v) is 12.3. The van der Waals surface area contributed by atoms with Crippen LogP contribution in [0, 0.1) is 5.82 Å². The van der Waals surface area contributed by atoms with E-state index in [1.54, 1.807) is 18.2 Å². The summed E-state index contributed by atoms with van der Waals surface area (Å²) >= 11 is 0. The molecule has 1 saturated heterocycles. The number of para-hydroxylation sites is 2. The molecule has 0 atom stereocenters. The molecule has 0 spiro atoms. The maximum atomic E-state index is 13.4. The fourth-order valence-electron chi connectivity index (χ4n) is 4.15. The molecule has 0 aromatic heterocycles. The Morgan fingerprint density at radius 1 is 0.912 bits per heavy atom. The summed E-state index contributed by atoms with van der Waals surface area (Å²) in [5.74, 6) is -1.26. The fraction of sp³-hybridized carbons (Fsp3) is 0.160. The number of halogens is 1. The Kier molecular flexibility index (Phi) is 5.80. The summed E-state index contributed by atoms with van der Waals surface area (Å²) in [5, 5.41) is 5.83. The number of rotatable bonds is 5. The van der Waals surface area contributed by atoms with Gasteiger partial charge in [-0.1, -0.05) is 30.3 Å². The van der Waals surface area contributed by atoms with Crippen molar-refractivity contribution in [3.8, 4) is 0 Å². The van der Waals surface area contributed by atoms with Gasteiger partial charge in [-0.15, -0.1) is 0 Å². The van der Waals surface area contributed by atoms with E-state index in [1.165, 1.54) is 30.3 Å². The number of morpholine rings is 1. The van der Waals surface area contributed by atoms with Gasteiger partial charge in [0.05, 0.1) is 35.2 Å². The number of nitrogens with zero attached hydrogens (tertiary/aromatic N) is 1. The number of benzene rings is 3. The molecule has 1 fully saturated rings. The minimum absolute atomic E-state index is 0.0607. The Balaban J connectivity index is 1.58. The third-order valence-corrected chi connectivity index (χ3v) is 7.63. The van der Waals surface area contributed by atoms with Gasteiger partial charge in [0, 0.05) is 24.3 Å². The van der Waals surface area contributed by atoms with E-state index in [0.717, 1.165) is 5.69 Å². The molecule has 34 heavy (non-hydrogen) atoms. The standard InChI is InChI=1S/C25H22FN3O4S/c26-17-9-11-18(12-10-17)27-25(30)24-23(19-5-1-4-8-22(19)34(24,31)32)28-20-6-2-3-7-21(20)29-13-15-33-16-14-29/h1-12,28H,13-16H2,(H,27,30). The van der Waals surface area contributed by atoms with Crippen molar-refractivity contribution in [2.45, 2.75) is 4.90 Å². The number of carbonyl (C=O) groups is 1. The van der Waals surface area contributed by atoms with Gasteiger partial charge in [0.15, 0.2) is 4.91 Å². The van der Waals surface area contributed by atoms with Crippen LogP contribution in [0.2, 0.25) is 0 Å². The summed E-state index contributed by atoms with van der Waals surface area (Å²) in [6.07, 6.45) is 0. The van der Waals surface area contributed by atoms with Crippen LogP contribution in [0.1, 0.15) is 5.56 Å². The van der Waals surface area contributed by atoms with Gasteiger partial charge in [-0.3, -0.25) is 4.79 Å². The molecule has 0 radical (unpaired) electrons. The van der Waals surface area contributed by atoms with Gasteiger partial charge >= 0.3 is 0 Å². The van der Waals surface area contributed by atoms with Gasteiger partial charge in [-0.05, 0) is 42.5 Å². The average molecular weight is 480 g/mol. The van der Waals surface area contributed by atoms with Crippen molar-refractivity contribution in [3.05, 3.63) is 89.1 Å². The fourth-order valence-corrected chi connectivity index (χ4v) is 5.81. The first-order chi connectivity index (χ1) is 16.4. The summed E-state index contributed by atoms with van der Waals surface area (Å²) in [5.41, 5.74) is 2.48. The zero-order valence-corrected chi connectivity index (χ0v) is 18.9. The van der Waals surface area contributed by atoms with E-state index in [4.69, 9.17) is 4.74 Å². The zero-order valence-electron chi connectivity index (χ0n) is 18.1. The van der Waals surface area contributed by atoms with E-state index < -0.39 is 21.6 Å². The van der Waals surface area contributed by atoms with Crippen molar-refractivity contribution in [1.29, 1.82) is 0 Å². The van der Waals surface area contributed by atoms with Gasteiger partial charge in [0.1, 0.15) is 5.82 Å². The van der Waals surface area contributed by atoms with Crippen molar-refractivity contribution in [1.82, 2.24) is 0 Å². The van der Waals surface area contributed by atoms with Gasteiger partial charge in [0.2, 0.25) is 9.84 Å². The molecule has 0 aliphatic carbocycles. The monoisotopic (exact) mass is 479 g/mol. The number of anilines is 3. The van der Waals surface area contributed by atoms with Crippen LogP contribution in [0.4, 0.5) is 21.5 Å². The summed E-state index contributed by atoms with van der Waals surface area (Å²) in [7, 11) is -4.08. The first kappa shape index (κ1) is 22.1. The van der Waals surface area contributed by atoms with E-state index >= 15 is 0 Å². The second-order valence-electron chi connectivity index (χ2n) is 7.91. The second kappa shape index (κ2) is 8.92. The van der Waals surface area contributed by atoms with Crippen LogP contribution in [-0.2, 0) is 19.4 Å². The predicted octanol–water partition coefficient (Wildman–Crippen LogP) is 3.87. The summed E-state index contributed by atoms with van der Waals surface area (Å²) in [6.45, 7) is 2.59. The molecule has 2 N–H and O–H groups in total. The minimum atomic E-state index is -4.08. The highest BCUT2D eigenvalue weighted by Crippen LogP contribution is 2.41. The van der Waals surface area contributed by atoms with Gasteiger partial charge in [0.25, 0.3) is 5.91 Å². The van der Waals surface area contributed by atoms with Crippen LogP contribution >= 0.6 is 0 Å². The second-order valence-corrected chi connectivity index (χ2v) is 9.76. The number of carbonyl (C=O) groups excluding carboxylic acids is 1. The predicted molar refractivity (Wildman–Crippen MR) is 129 cm³/mol. The lowest BCUT2D eigenvalue weighted by Crippen LogP contribution is -2.36. The molecule has 1 amide bonds. The highest BCUT2D eigenvalue weighted by atomic mass is 32.2. The molecular formula is C25H22FN3O4S. The summed E-state index contributed by atoms with van der Waals surface area (Å²) < 4.78 is 45.6. The van der Waals surface area contributed by atoms with Crippen molar-refractivity contribution >= 4 is 38.5 Å². The lowest BCUT2D eigenvalue weighted by molar-refractivity contribution is -0.112. The molecule has 9 heteroatoms. The number of sulfone groups is 1. The van der Waals surface area contributed by atoms with E-state index in [-0.39, 0.29) is 21.2 Å². The topological polar surface area (TPSA) is 87.7 Å². The molecular weight excluding hydrogens is 457 g/mol. The van der Waals surface area contributed by atoms with Gasteiger partial charge < -0.3 is 20.3 Å². The molecule has 174 valence electrons. The Morgan fingerprint density at radius 2 is 1.59 bits per heavy atom. The van der Waals surface area contributed by atoms with Crippen LogP contribution in [-0.4, -0.2) is 40.6 Å². The van der Waals surface area contributed by atoms with Crippen LogP contribution < -0.4 is 15.5 Å². The number of amides is 1. The molecule has 2 aliphatic heterocycles. The smallest absolute Gasteiger partial charge is 0.269 e. The first-order valence-electron chi connectivity index (χ1n) is 10.8. The Bertz CT molecular complexity index is 1380. The van der Waals surface area contributed by atoms with Crippen molar-refractivity contribution in [2.75, 3.05) is 41.8 Å². The number of fused-ring (bicyclic) bond motifs is 1. The van der Waals surface area contributed by atoms with Crippen molar-refractivity contribution < 1.29 is 22.3 Å². The highest BCUT2D eigenvalue weighted by molar-refractivity contribution is 7.97. The van der Waals surface area contributed by atoms with Crippen molar-refractivity contribution in [2.24, 2.45) is 0 Å². The number of hydrogen-bond acceptors (Lipinski definition) is 6. The zero-order chi connectivity index (χ0) is 23.7. The van der Waals surface area contributed by atoms with E-state index in [2.05, 4.69) is 15.5 Å². The molecule has 5 rings (SSSR count). The molecule has 0 unspecified atom stereocenters. The van der Waals surface area contributed by atoms with Crippen LogP contribution in [0.25, 0.3) is 5.70 Å². The Morgan fingerprint density at radius 3 is 2.35 bits per heavy atom. The molecule has 7 nitrogen and oxygen atoms in total. The number of nitrogens with one attached hydrogen (secondary N) is 2. The van der Waals surface area contributed by atoms with Gasteiger partial charge in [-0.2, -0.15) is 0 Å². The largest absolute Gasteiger partial charge is 0.378 e. The van der Waals surface area contributed by atoms with Gasteiger partial charge in [-0.25, -0.2) is 12.8 Å². The maximum Gasteiger partial charge on any atom is 0.269 e. The van der Waals surface area contributed by atoms with Crippen LogP contribution in [0.15, 0.2) is 82.6 Å². The SMILES string of the molecule is O=C(Nc1ccc(F)cc1)C1=C(Nc2ccccc2N2CCOCC2)c2ccccc2S1(=O)=O.